The molecule has 0 saturated carbocycles. The lowest BCUT2D eigenvalue weighted by Crippen LogP contribution is -2.47. The Morgan fingerprint density at radius 2 is 1.79 bits per heavy atom. The number of nitrogens with zero attached hydrogens (tertiary/aromatic N) is 2. The molecule has 2 aromatic rings. The van der Waals surface area contributed by atoms with Gasteiger partial charge in [-0.1, -0.05) is 41.6 Å². The topological polar surface area (TPSA) is 52.7 Å². The van der Waals surface area contributed by atoms with Crippen molar-refractivity contribution in [2.45, 2.75) is 11.8 Å². The van der Waals surface area contributed by atoms with Crippen LogP contribution in [0, 0.1) is 6.92 Å². The van der Waals surface area contributed by atoms with Gasteiger partial charge in [0, 0.05) is 36.6 Å². The molecule has 2 aliphatic rings. The van der Waals surface area contributed by atoms with Crippen molar-refractivity contribution in [3.8, 4) is 0 Å². The zero-order chi connectivity index (χ0) is 19.7. The van der Waals surface area contributed by atoms with Gasteiger partial charge in [-0.3, -0.25) is 9.59 Å². The second-order valence-corrected chi connectivity index (χ2v) is 8.37. The van der Waals surface area contributed by atoms with Crippen molar-refractivity contribution in [2.75, 3.05) is 38.5 Å². The Bertz CT molecular complexity index is 945. The van der Waals surface area contributed by atoms with Crippen LogP contribution in [0.15, 0.2) is 52.3 Å². The van der Waals surface area contributed by atoms with Crippen LogP contribution in [0.1, 0.15) is 21.5 Å². The first-order chi connectivity index (χ1) is 13.5. The molecule has 4 rings (SSSR count). The van der Waals surface area contributed by atoms with E-state index >= 15 is 0 Å². The summed E-state index contributed by atoms with van der Waals surface area (Å²) in [6.45, 7) is 5.27. The molecule has 0 spiro atoms. The monoisotopic (exact) mass is 393 g/mol. The molecule has 6 heteroatoms. The number of carbonyl (C=O) groups excluding carboxylic acids is 2. The van der Waals surface area contributed by atoms with Crippen molar-refractivity contribution >= 4 is 35.3 Å². The first kappa shape index (κ1) is 18.8. The van der Waals surface area contributed by atoms with Gasteiger partial charge < -0.3 is 15.1 Å². The molecule has 2 aliphatic heterocycles. The van der Waals surface area contributed by atoms with Gasteiger partial charge in [-0.2, -0.15) is 0 Å². The zero-order valence-electron chi connectivity index (χ0n) is 16.1. The number of nitrogens with one attached hydrogen (secondary N) is 1. The maximum Gasteiger partial charge on any atom is 0.262 e. The third-order valence-corrected chi connectivity index (χ3v) is 6.18. The SMILES string of the molecule is Cc1ccc(/C=C2/Sc3ccc(C(=O)N4CCN(C)CC4)cc3NC2=O)cc1. The van der Waals surface area contributed by atoms with Crippen molar-refractivity contribution < 1.29 is 9.59 Å². The van der Waals surface area contributed by atoms with Crippen molar-refractivity contribution in [3.05, 3.63) is 64.1 Å². The highest BCUT2D eigenvalue weighted by atomic mass is 32.2. The van der Waals surface area contributed by atoms with Crippen LogP contribution in [-0.2, 0) is 4.79 Å². The highest BCUT2D eigenvalue weighted by Crippen LogP contribution is 2.39. The van der Waals surface area contributed by atoms with Crippen LogP contribution in [0.5, 0.6) is 0 Å². The van der Waals surface area contributed by atoms with E-state index in [1.165, 1.54) is 17.3 Å². The Kier molecular flexibility index (Phi) is 5.24. The number of piperazine rings is 1. The average molecular weight is 394 g/mol. The third kappa shape index (κ3) is 3.98. The number of amides is 2. The fourth-order valence-corrected chi connectivity index (χ4v) is 4.23. The van der Waals surface area contributed by atoms with Crippen LogP contribution >= 0.6 is 11.8 Å². The Morgan fingerprint density at radius 1 is 1.07 bits per heavy atom. The van der Waals surface area contributed by atoms with Crippen LogP contribution in [0.2, 0.25) is 0 Å². The fraction of sp³-hybridized carbons (Fsp3) is 0.273. The van der Waals surface area contributed by atoms with E-state index in [1.54, 1.807) is 6.07 Å². The highest BCUT2D eigenvalue weighted by molar-refractivity contribution is 8.04. The summed E-state index contributed by atoms with van der Waals surface area (Å²) < 4.78 is 0. The number of carbonyl (C=O) groups is 2. The minimum atomic E-state index is -0.137. The quantitative estimate of drug-likeness (QED) is 0.794. The Labute approximate surface area is 169 Å². The van der Waals surface area contributed by atoms with Crippen LogP contribution in [0.25, 0.3) is 6.08 Å². The van der Waals surface area contributed by atoms with E-state index in [9.17, 15) is 9.59 Å². The molecule has 2 heterocycles. The van der Waals surface area contributed by atoms with Gasteiger partial charge in [0.2, 0.25) is 0 Å². The minimum absolute atomic E-state index is 0.0242. The number of thioether (sulfide) groups is 1. The number of rotatable bonds is 2. The summed E-state index contributed by atoms with van der Waals surface area (Å²) in [5.74, 6) is -0.113. The van der Waals surface area contributed by atoms with Crippen molar-refractivity contribution in [3.63, 3.8) is 0 Å². The van der Waals surface area contributed by atoms with E-state index in [2.05, 4.69) is 17.3 Å². The molecule has 1 saturated heterocycles. The molecule has 0 radical (unpaired) electrons. The second kappa shape index (κ2) is 7.81. The first-order valence-electron chi connectivity index (χ1n) is 9.39. The van der Waals surface area contributed by atoms with Gasteiger partial charge in [-0.15, -0.1) is 0 Å². The molecular weight excluding hydrogens is 370 g/mol. The zero-order valence-corrected chi connectivity index (χ0v) is 16.9. The van der Waals surface area contributed by atoms with E-state index in [-0.39, 0.29) is 11.8 Å². The molecule has 0 aromatic heterocycles. The van der Waals surface area contributed by atoms with E-state index in [0.29, 0.717) is 16.2 Å². The standard InChI is InChI=1S/C22H23N3O2S/c1-15-3-5-16(6-4-15)13-20-21(26)23-18-14-17(7-8-19(18)28-20)22(27)25-11-9-24(2)10-12-25/h3-8,13-14H,9-12H2,1-2H3,(H,23,26)/b20-13+. The molecule has 1 fully saturated rings. The third-order valence-electron chi connectivity index (χ3n) is 5.08. The Balaban J connectivity index is 1.53. The summed E-state index contributed by atoms with van der Waals surface area (Å²) >= 11 is 1.44. The summed E-state index contributed by atoms with van der Waals surface area (Å²) in [6, 6.07) is 13.6. The van der Waals surface area contributed by atoms with E-state index in [1.807, 2.05) is 54.3 Å². The Hall–Kier alpha value is -2.57. The van der Waals surface area contributed by atoms with E-state index in [0.717, 1.165) is 36.6 Å². The normalized spacial score (nSPS) is 18.7. The summed E-state index contributed by atoms with van der Waals surface area (Å²) in [6.07, 6.45) is 1.89. The number of likely N-dealkylation sites (N-methyl/N-ethyl adjacent to an activating group) is 1. The maximum atomic E-state index is 12.8. The number of benzene rings is 2. The number of aryl methyl sites for hydroxylation is 1. The molecule has 28 heavy (non-hydrogen) atoms. The number of hydrogen-bond acceptors (Lipinski definition) is 4. The number of fused-ring (bicyclic) bond motifs is 1. The van der Waals surface area contributed by atoms with Crippen molar-refractivity contribution in [1.29, 1.82) is 0 Å². The van der Waals surface area contributed by atoms with Gasteiger partial charge >= 0.3 is 0 Å². The lowest BCUT2D eigenvalue weighted by molar-refractivity contribution is -0.112. The summed E-state index contributed by atoms with van der Waals surface area (Å²) in [4.78, 5) is 31.0. The van der Waals surface area contributed by atoms with Crippen LogP contribution in [-0.4, -0.2) is 54.8 Å². The molecular formula is C22H23N3O2S. The lowest BCUT2D eigenvalue weighted by Gasteiger charge is -2.32. The van der Waals surface area contributed by atoms with Crippen molar-refractivity contribution in [2.24, 2.45) is 0 Å². The molecule has 1 N–H and O–H groups in total. The fourth-order valence-electron chi connectivity index (χ4n) is 3.30. The van der Waals surface area contributed by atoms with Crippen LogP contribution in [0.4, 0.5) is 5.69 Å². The van der Waals surface area contributed by atoms with Gasteiger partial charge in [-0.25, -0.2) is 0 Å². The maximum absolute atomic E-state index is 12.8. The van der Waals surface area contributed by atoms with Gasteiger partial charge in [0.25, 0.3) is 11.8 Å². The van der Waals surface area contributed by atoms with E-state index < -0.39 is 0 Å². The summed E-state index contributed by atoms with van der Waals surface area (Å²) in [7, 11) is 2.06. The van der Waals surface area contributed by atoms with Crippen LogP contribution < -0.4 is 5.32 Å². The molecule has 0 atom stereocenters. The Morgan fingerprint density at radius 3 is 2.50 bits per heavy atom. The lowest BCUT2D eigenvalue weighted by atomic mass is 10.1. The number of anilines is 1. The van der Waals surface area contributed by atoms with Crippen LogP contribution in [0.3, 0.4) is 0 Å². The van der Waals surface area contributed by atoms with Gasteiger partial charge in [0.05, 0.1) is 10.6 Å². The molecule has 144 valence electrons. The summed E-state index contributed by atoms with van der Waals surface area (Å²) in [5, 5.41) is 2.94. The first-order valence-corrected chi connectivity index (χ1v) is 10.2. The minimum Gasteiger partial charge on any atom is -0.336 e. The molecule has 0 unspecified atom stereocenters. The van der Waals surface area contributed by atoms with Gasteiger partial charge in [0.15, 0.2) is 0 Å². The molecule has 2 amide bonds. The number of hydrogen-bond donors (Lipinski definition) is 1. The molecule has 5 nitrogen and oxygen atoms in total. The van der Waals surface area contributed by atoms with Gasteiger partial charge in [-0.05, 0) is 43.8 Å². The predicted molar refractivity (Wildman–Crippen MR) is 113 cm³/mol. The molecule has 2 aromatic carbocycles. The van der Waals surface area contributed by atoms with Gasteiger partial charge in [0.1, 0.15) is 0 Å². The molecule has 0 aliphatic carbocycles. The van der Waals surface area contributed by atoms with E-state index in [4.69, 9.17) is 0 Å². The smallest absolute Gasteiger partial charge is 0.262 e. The molecule has 0 bridgehead atoms. The highest BCUT2D eigenvalue weighted by Gasteiger charge is 2.25. The second-order valence-electron chi connectivity index (χ2n) is 7.28. The average Bonchev–Trinajstić information content (AvgIpc) is 2.70. The summed E-state index contributed by atoms with van der Waals surface area (Å²) in [5.41, 5.74) is 3.51. The predicted octanol–water partition coefficient (Wildman–Crippen LogP) is 3.47. The van der Waals surface area contributed by atoms with Crippen molar-refractivity contribution in [1.82, 2.24) is 9.80 Å². The largest absolute Gasteiger partial charge is 0.336 e.